The highest BCUT2D eigenvalue weighted by Gasteiger charge is 2.13. The van der Waals surface area contributed by atoms with Gasteiger partial charge >= 0.3 is 0 Å². The maximum absolute atomic E-state index is 4.35. The van der Waals surface area contributed by atoms with Gasteiger partial charge in [0.1, 0.15) is 5.01 Å². The minimum absolute atomic E-state index is 0.505. The topological polar surface area (TPSA) is 52.6 Å². The molecule has 2 N–H and O–H groups in total. The Morgan fingerprint density at radius 1 is 1.38 bits per heavy atom. The molecule has 0 bridgehead atoms. The quantitative estimate of drug-likeness (QED) is 0.598. The lowest BCUT2D eigenvalue weighted by Gasteiger charge is -2.27. The van der Waals surface area contributed by atoms with Crippen molar-refractivity contribution in [3.05, 3.63) is 16.1 Å². The Morgan fingerprint density at radius 3 is 2.57 bits per heavy atom. The molecule has 6 heteroatoms. The van der Waals surface area contributed by atoms with Crippen LogP contribution >= 0.6 is 11.3 Å². The van der Waals surface area contributed by atoms with E-state index in [9.17, 15) is 0 Å². The number of aromatic nitrogens is 1. The minimum Gasteiger partial charge on any atom is -0.355 e. The second-order valence-corrected chi connectivity index (χ2v) is 7.24. The van der Waals surface area contributed by atoms with Crippen LogP contribution in [0.4, 0.5) is 0 Å². The first-order chi connectivity index (χ1) is 9.92. The molecule has 0 saturated carbocycles. The maximum Gasteiger partial charge on any atom is 0.191 e. The van der Waals surface area contributed by atoms with E-state index in [0.29, 0.717) is 12.0 Å². The molecule has 1 rings (SSSR count). The number of hydrogen-bond donors (Lipinski definition) is 2. The van der Waals surface area contributed by atoms with E-state index in [-0.39, 0.29) is 0 Å². The highest BCUT2D eigenvalue weighted by Crippen LogP contribution is 2.10. The van der Waals surface area contributed by atoms with Crippen molar-refractivity contribution >= 4 is 17.3 Å². The van der Waals surface area contributed by atoms with Crippen molar-refractivity contribution in [2.75, 3.05) is 27.7 Å². The Bertz CT molecular complexity index is 439. The molecule has 0 spiro atoms. The molecule has 1 aromatic heterocycles. The average Bonchev–Trinajstić information content (AvgIpc) is 2.82. The van der Waals surface area contributed by atoms with Crippen molar-refractivity contribution in [1.82, 2.24) is 20.5 Å². The molecule has 0 amide bonds. The summed E-state index contributed by atoms with van der Waals surface area (Å²) >= 11 is 1.71. The predicted molar refractivity (Wildman–Crippen MR) is 92.0 cm³/mol. The van der Waals surface area contributed by atoms with Gasteiger partial charge in [0.05, 0.1) is 6.54 Å². The Hall–Kier alpha value is -1.14. The van der Waals surface area contributed by atoms with Crippen LogP contribution in [-0.4, -0.2) is 49.6 Å². The molecule has 0 aliphatic carbocycles. The van der Waals surface area contributed by atoms with Gasteiger partial charge in [-0.3, -0.25) is 4.99 Å². The Balaban J connectivity index is 2.42. The molecule has 1 heterocycles. The zero-order valence-electron chi connectivity index (χ0n) is 14.1. The summed E-state index contributed by atoms with van der Waals surface area (Å²) in [6, 6.07) is 0.505. The van der Waals surface area contributed by atoms with E-state index in [0.717, 1.165) is 24.1 Å². The number of nitrogens with one attached hydrogen (secondary N) is 2. The molecule has 1 unspecified atom stereocenters. The fourth-order valence-corrected chi connectivity index (χ4v) is 2.83. The number of likely N-dealkylation sites (N-methyl/N-ethyl adjacent to an activating group) is 1. The third kappa shape index (κ3) is 6.91. The van der Waals surface area contributed by atoms with Crippen LogP contribution in [-0.2, 0) is 6.54 Å². The maximum atomic E-state index is 4.35. The Labute approximate surface area is 132 Å². The van der Waals surface area contributed by atoms with Crippen molar-refractivity contribution in [2.24, 2.45) is 10.9 Å². The molecule has 0 radical (unpaired) electrons. The number of nitrogens with zero attached hydrogens (tertiary/aromatic N) is 3. The molecule has 0 aliphatic heterocycles. The average molecular weight is 311 g/mol. The molecule has 1 atom stereocenters. The smallest absolute Gasteiger partial charge is 0.191 e. The zero-order chi connectivity index (χ0) is 15.8. The number of hydrogen-bond acceptors (Lipinski definition) is 4. The van der Waals surface area contributed by atoms with Gasteiger partial charge in [0.15, 0.2) is 5.96 Å². The Morgan fingerprint density at radius 2 is 2.10 bits per heavy atom. The first kappa shape index (κ1) is 17.9. The zero-order valence-corrected chi connectivity index (χ0v) is 14.9. The van der Waals surface area contributed by atoms with Gasteiger partial charge in [-0.15, -0.1) is 11.3 Å². The summed E-state index contributed by atoms with van der Waals surface area (Å²) < 4.78 is 0. The van der Waals surface area contributed by atoms with Gasteiger partial charge in [-0.1, -0.05) is 13.8 Å². The third-order valence-corrected chi connectivity index (χ3v) is 4.19. The van der Waals surface area contributed by atoms with E-state index < -0.39 is 0 Å². The Kier molecular flexibility index (Phi) is 7.67. The summed E-state index contributed by atoms with van der Waals surface area (Å²) in [5.41, 5.74) is 0. The van der Waals surface area contributed by atoms with Gasteiger partial charge in [0.25, 0.3) is 0 Å². The molecule has 0 aromatic carbocycles. The normalized spacial score (nSPS) is 13.8. The lowest BCUT2D eigenvalue weighted by molar-refractivity contribution is 0.254. The second kappa shape index (κ2) is 9.00. The number of guanidine groups is 1. The van der Waals surface area contributed by atoms with Crippen LogP contribution in [0.1, 0.15) is 30.2 Å². The summed E-state index contributed by atoms with van der Waals surface area (Å²) in [6.45, 7) is 8.20. The largest absolute Gasteiger partial charge is 0.355 e. The molecule has 0 saturated heterocycles. The van der Waals surface area contributed by atoms with E-state index in [1.54, 1.807) is 18.4 Å². The molecular formula is C15H29N5S. The van der Waals surface area contributed by atoms with Crippen molar-refractivity contribution in [3.63, 3.8) is 0 Å². The van der Waals surface area contributed by atoms with E-state index in [1.807, 2.05) is 6.20 Å². The summed E-state index contributed by atoms with van der Waals surface area (Å²) in [7, 11) is 6.06. The van der Waals surface area contributed by atoms with Gasteiger partial charge in [-0.2, -0.15) is 0 Å². The number of aliphatic imine (C=N–C) groups is 1. The number of aryl methyl sites for hydroxylation is 1. The van der Waals surface area contributed by atoms with E-state index >= 15 is 0 Å². The van der Waals surface area contributed by atoms with Crippen molar-refractivity contribution < 1.29 is 0 Å². The first-order valence-electron chi connectivity index (χ1n) is 7.44. The predicted octanol–water partition coefficient (Wildman–Crippen LogP) is 2.09. The van der Waals surface area contributed by atoms with Crippen LogP contribution in [0, 0.1) is 12.8 Å². The number of rotatable bonds is 7. The molecule has 1 aromatic rings. The molecule has 0 aliphatic rings. The monoisotopic (exact) mass is 311 g/mol. The van der Waals surface area contributed by atoms with Crippen LogP contribution in [0.5, 0.6) is 0 Å². The summed E-state index contributed by atoms with van der Waals surface area (Å²) in [5.74, 6) is 1.52. The van der Waals surface area contributed by atoms with Gasteiger partial charge in [0.2, 0.25) is 0 Å². The lowest BCUT2D eigenvalue weighted by Crippen LogP contribution is -2.45. The van der Waals surface area contributed by atoms with Gasteiger partial charge in [0, 0.05) is 30.7 Å². The first-order valence-corrected chi connectivity index (χ1v) is 8.26. The fraction of sp³-hybridized carbons (Fsp3) is 0.733. The van der Waals surface area contributed by atoms with Crippen LogP contribution in [0.2, 0.25) is 0 Å². The standard InChI is InChI=1S/C15H29N5S/c1-11(2)7-13(20(5)6)9-18-15(16-4)19-10-14-17-8-12(3)21-14/h8,11,13H,7,9-10H2,1-6H3,(H2,16,18,19). The van der Waals surface area contributed by atoms with Gasteiger partial charge < -0.3 is 15.5 Å². The van der Waals surface area contributed by atoms with Crippen LogP contribution in [0.25, 0.3) is 0 Å². The molecule has 21 heavy (non-hydrogen) atoms. The number of thiazole rings is 1. The van der Waals surface area contributed by atoms with Crippen molar-refractivity contribution in [3.8, 4) is 0 Å². The minimum atomic E-state index is 0.505. The van der Waals surface area contributed by atoms with Crippen molar-refractivity contribution in [1.29, 1.82) is 0 Å². The fourth-order valence-electron chi connectivity index (χ4n) is 2.10. The molecular weight excluding hydrogens is 282 g/mol. The highest BCUT2D eigenvalue weighted by molar-refractivity contribution is 7.11. The summed E-state index contributed by atoms with van der Waals surface area (Å²) in [6.07, 6.45) is 3.07. The van der Waals surface area contributed by atoms with Crippen LogP contribution < -0.4 is 10.6 Å². The molecule has 120 valence electrons. The van der Waals surface area contributed by atoms with E-state index in [4.69, 9.17) is 0 Å². The van der Waals surface area contributed by atoms with Gasteiger partial charge in [-0.25, -0.2) is 4.98 Å². The van der Waals surface area contributed by atoms with Crippen molar-refractivity contribution in [2.45, 2.75) is 39.8 Å². The van der Waals surface area contributed by atoms with Gasteiger partial charge in [-0.05, 0) is 33.4 Å². The third-order valence-electron chi connectivity index (χ3n) is 3.28. The van der Waals surface area contributed by atoms with Crippen LogP contribution in [0.3, 0.4) is 0 Å². The second-order valence-electron chi connectivity index (χ2n) is 5.92. The summed E-state index contributed by atoms with van der Waals surface area (Å²) in [5, 5.41) is 7.81. The summed E-state index contributed by atoms with van der Waals surface area (Å²) in [4.78, 5) is 12.1. The van der Waals surface area contributed by atoms with E-state index in [1.165, 1.54) is 11.3 Å². The molecule has 5 nitrogen and oxygen atoms in total. The lowest BCUT2D eigenvalue weighted by atomic mass is 10.0. The SMILES string of the molecule is CN=C(NCc1ncc(C)s1)NCC(CC(C)C)N(C)C. The highest BCUT2D eigenvalue weighted by atomic mass is 32.1. The van der Waals surface area contributed by atoms with Crippen LogP contribution in [0.15, 0.2) is 11.2 Å². The molecule has 0 fully saturated rings. The van der Waals surface area contributed by atoms with E-state index in [2.05, 4.69) is 60.4 Å².